The molecule has 0 aliphatic heterocycles. The van der Waals surface area contributed by atoms with Crippen LogP contribution in [0.5, 0.6) is 0 Å². The summed E-state index contributed by atoms with van der Waals surface area (Å²) in [6.07, 6.45) is 1.10. The van der Waals surface area contributed by atoms with Gasteiger partial charge in [-0.05, 0) is 31.2 Å². The number of carbonyl (C=O) groups excluding carboxylic acids is 1. The molecule has 28 heavy (non-hydrogen) atoms. The summed E-state index contributed by atoms with van der Waals surface area (Å²) in [6.45, 7) is 1.91. The zero-order valence-electron chi connectivity index (χ0n) is 14.6. The van der Waals surface area contributed by atoms with Gasteiger partial charge in [0.1, 0.15) is 12.1 Å². The van der Waals surface area contributed by atoms with Gasteiger partial charge in [-0.25, -0.2) is 14.4 Å². The van der Waals surface area contributed by atoms with Gasteiger partial charge in [-0.1, -0.05) is 29.8 Å². The molecule has 0 spiro atoms. The maximum Gasteiger partial charge on any atom is 0.355 e. The van der Waals surface area contributed by atoms with E-state index >= 15 is 0 Å². The second-order valence-corrected chi connectivity index (χ2v) is 5.73. The molecule has 0 atom stereocenters. The molecule has 2 aromatic carbocycles. The first-order valence-corrected chi connectivity index (χ1v) is 8.09. The van der Waals surface area contributed by atoms with Crippen molar-refractivity contribution in [3.05, 3.63) is 81.9 Å². The summed E-state index contributed by atoms with van der Waals surface area (Å²) >= 11 is 0. The smallest absolute Gasteiger partial charge is 0.334 e. The van der Waals surface area contributed by atoms with Crippen molar-refractivity contribution in [1.82, 2.24) is 15.4 Å². The van der Waals surface area contributed by atoms with Gasteiger partial charge in [0.2, 0.25) is 11.6 Å². The molecule has 142 valence electrons. The SMILES string of the molecule is Cc1ccc(Nc2ncnc(NNC(=O)c3ccccc3F)c2[N+](=O)[O-])cc1. The Morgan fingerprint density at radius 3 is 2.43 bits per heavy atom. The number of carbonyl (C=O) groups is 1. The van der Waals surface area contributed by atoms with Gasteiger partial charge in [-0.2, -0.15) is 0 Å². The van der Waals surface area contributed by atoms with Crippen molar-refractivity contribution in [3.8, 4) is 0 Å². The van der Waals surface area contributed by atoms with Crippen molar-refractivity contribution in [1.29, 1.82) is 0 Å². The number of anilines is 3. The second kappa shape index (κ2) is 8.08. The molecule has 0 saturated carbocycles. The Labute approximate surface area is 158 Å². The fourth-order valence-electron chi connectivity index (χ4n) is 2.34. The lowest BCUT2D eigenvalue weighted by Crippen LogP contribution is -2.31. The Kier molecular flexibility index (Phi) is 5.40. The maximum absolute atomic E-state index is 13.7. The summed E-state index contributed by atoms with van der Waals surface area (Å²) < 4.78 is 13.7. The number of amides is 1. The maximum atomic E-state index is 13.7. The molecule has 3 rings (SSSR count). The van der Waals surface area contributed by atoms with Crippen molar-refractivity contribution in [2.75, 3.05) is 10.7 Å². The Hall–Kier alpha value is -4.08. The van der Waals surface area contributed by atoms with E-state index in [-0.39, 0.29) is 17.2 Å². The van der Waals surface area contributed by atoms with E-state index in [9.17, 15) is 19.3 Å². The molecule has 3 aromatic rings. The number of benzene rings is 2. The van der Waals surface area contributed by atoms with Gasteiger partial charge in [-0.15, -0.1) is 0 Å². The highest BCUT2D eigenvalue weighted by Gasteiger charge is 2.24. The van der Waals surface area contributed by atoms with Crippen LogP contribution in [-0.4, -0.2) is 20.8 Å². The fraction of sp³-hybridized carbons (Fsp3) is 0.0556. The molecule has 0 radical (unpaired) electrons. The van der Waals surface area contributed by atoms with Crippen molar-refractivity contribution in [2.24, 2.45) is 0 Å². The lowest BCUT2D eigenvalue weighted by molar-refractivity contribution is -0.383. The van der Waals surface area contributed by atoms with Crippen LogP contribution in [-0.2, 0) is 0 Å². The molecular weight excluding hydrogens is 367 g/mol. The van der Waals surface area contributed by atoms with E-state index in [4.69, 9.17) is 0 Å². The van der Waals surface area contributed by atoms with Crippen LogP contribution in [0.1, 0.15) is 15.9 Å². The van der Waals surface area contributed by atoms with E-state index < -0.39 is 22.3 Å². The predicted octanol–water partition coefficient (Wildman–Crippen LogP) is 3.33. The molecule has 3 N–H and O–H groups in total. The van der Waals surface area contributed by atoms with Gasteiger partial charge in [-0.3, -0.25) is 25.8 Å². The van der Waals surface area contributed by atoms with E-state index in [2.05, 4.69) is 26.1 Å². The first-order chi connectivity index (χ1) is 13.5. The van der Waals surface area contributed by atoms with Crippen LogP contribution < -0.4 is 16.2 Å². The average Bonchev–Trinajstić information content (AvgIpc) is 2.68. The molecule has 0 saturated heterocycles. The fourth-order valence-corrected chi connectivity index (χ4v) is 2.34. The topological polar surface area (TPSA) is 122 Å². The zero-order chi connectivity index (χ0) is 20.1. The molecule has 0 unspecified atom stereocenters. The van der Waals surface area contributed by atoms with Gasteiger partial charge >= 0.3 is 5.69 Å². The largest absolute Gasteiger partial charge is 0.355 e. The van der Waals surface area contributed by atoms with Crippen LogP contribution in [0.2, 0.25) is 0 Å². The first-order valence-electron chi connectivity index (χ1n) is 8.09. The number of hydrazine groups is 1. The molecule has 0 aliphatic rings. The Balaban J connectivity index is 1.83. The van der Waals surface area contributed by atoms with Crippen LogP contribution in [0.15, 0.2) is 54.9 Å². The number of nitrogens with zero attached hydrogens (tertiary/aromatic N) is 3. The minimum Gasteiger partial charge on any atom is -0.334 e. The summed E-state index contributed by atoms with van der Waals surface area (Å²) in [4.78, 5) is 30.6. The highest BCUT2D eigenvalue weighted by molar-refractivity contribution is 5.95. The molecule has 1 aromatic heterocycles. The van der Waals surface area contributed by atoms with Crippen molar-refractivity contribution >= 4 is 28.9 Å². The van der Waals surface area contributed by atoms with E-state index in [1.807, 2.05) is 19.1 Å². The van der Waals surface area contributed by atoms with Crippen LogP contribution in [0.4, 0.5) is 27.4 Å². The Bertz CT molecular complexity index is 1030. The van der Waals surface area contributed by atoms with E-state index in [0.29, 0.717) is 5.69 Å². The number of rotatable bonds is 6. The van der Waals surface area contributed by atoms with Crippen molar-refractivity contribution in [2.45, 2.75) is 6.92 Å². The average molecular weight is 382 g/mol. The third kappa shape index (κ3) is 4.18. The Morgan fingerprint density at radius 1 is 1.07 bits per heavy atom. The van der Waals surface area contributed by atoms with Crippen molar-refractivity contribution in [3.63, 3.8) is 0 Å². The highest BCUT2D eigenvalue weighted by atomic mass is 19.1. The van der Waals surface area contributed by atoms with Crippen LogP contribution >= 0.6 is 0 Å². The number of hydrogen-bond acceptors (Lipinski definition) is 7. The number of nitrogens with one attached hydrogen (secondary N) is 3. The normalized spacial score (nSPS) is 10.2. The molecule has 0 aliphatic carbocycles. The highest BCUT2D eigenvalue weighted by Crippen LogP contribution is 2.30. The number of aryl methyl sites for hydroxylation is 1. The number of nitro groups is 1. The third-order valence-corrected chi connectivity index (χ3v) is 3.73. The van der Waals surface area contributed by atoms with Gasteiger partial charge in [0.25, 0.3) is 5.91 Å². The van der Waals surface area contributed by atoms with Crippen LogP contribution in [0.3, 0.4) is 0 Å². The van der Waals surface area contributed by atoms with Gasteiger partial charge in [0.15, 0.2) is 0 Å². The minimum absolute atomic E-state index is 0.0634. The lowest BCUT2D eigenvalue weighted by atomic mass is 10.2. The summed E-state index contributed by atoms with van der Waals surface area (Å²) in [6, 6.07) is 12.5. The van der Waals surface area contributed by atoms with Gasteiger partial charge < -0.3 is 5.32 Å². The number of hydrogen-bond donors (Lipinski definition) is 3. The Morgan fingerprint density at radius 2 is 1.75 bits per heavy atom. The van der Waals surface area contributed by atoms with E-state index in [1.165, 1.54) is 18.2 Å². The summed E-state index contributed by atoms with van der Waals surface area (Å²) in [5.41, 5.74) is 5.48. The summed E-state index contributed by atoms with van der Waals surface area (Å²) in [5, 5.41) is 14.4. The lowest BCUT2D eigenvalue weighted by Gasteiger charge is -2.11. The van der Waals surface area contributed by atoms with E-state index in [1.54, 1.807) is 12.1 Å². The first kappa shape index (κ1) is 18.7. The standard InChI is InChI=1S/C18H15FN6O3/c1-11-6-8-12(9-7-11)22-16-15(25(27)28)17(21-10-20-16)23-24-18(26)13-4-2-3-5-14(13)19/h2-10H,1H3,(H,24,26)(H2,20,21,22,23). The number of aromatic nitrogens is 2. The molecule has 10 heteroatoms. The molecule has 0 fully saturated rings. The molecule has 0 bridgehead atoms. The quantitative estimate of drug-likeness (QED) is 0.441. The minimum atomic E-state index is -0.806. The van der Waals surface area contributed by atoms with Crippen LogP contribution in [0, 0.1) is 22.9 Å². The third-order valence-electron chi connectivity index (χ3n) is 3.73. The molecule has 9 nitrogen and oxygen atoms in total. The monoisotopic (exact) mass is 382 g/mol. The van der Waals surface area contributed by atoms with Crippen LogP contribution in [0.25, 0.3) is 0 Å². The van der Waals surface area contributed by atoms with E-state index in [0.717, 1.165) is 18.0 Å². The molecule has 1 amide bonds. The van der Waals surface area contributed by atoms with Crippen molar-refractivity contribution < 1.29 is 14.1 Å². The second-order valence-electron chi connectivity index (χ2n) is 5.73. The summed E-state index contributed by atoms with van der Waals surface area (Å²) in [5.74, 6) is -1.84. The number of halogens is 1. The predicted molar refractivity (Wildman–Crippen MR) is 101 cm³/mol. The molecule has 1 heterocycles. The van der Waals surface area contributed by atoms with Gasteiger partial charge in [0, 0.05) is 5.69 Å². The summed E-state index contributed by atoms with van der Waals surface area (Å²) in [7, 11) is 0. The van der Waals surface area contributed by atoms with Gasteiger partial charge in [0.05, 0.1) is 10.5 Å². The zero-order valence-corrected chi connectivity index (χ0v) is 14.6. The molecular formula is C18H15FN6O3.